The van der Waals surface area contributed by atoms with Gasteiger partial charge in [0.25, 0.3) is 5.91 Å². The van der Waals surface area contributed by atoms with Crippen molar-refractivity contribution in [2.24, 2.45) is 0 Å². The van der Waals surface area contributed by atoms with E-state index in [1.165, 1.54) is 0 Å². The van der Waals surface area contributed by atoms with Crippen LogP contribution in [0.1, 0.15) is 28.9 Å². The molecule has 0 aliphatic rings. The van der Waals surface area contributed by atoms with Crippen LogP contribution in [0.15, 0.2) is 54.6 Å². The van der Waals surface area contributed by atoms with E-state index in [-0.39, 0.29) is 23.1 Å². The number of rotatable bonds is 5. The highest BCUT2D eigenvalue weighted by atomic mass is 35.5. The number of carbonyl (C=O) groups is 2. The van der Waals surface area contributed by atoms with E-state index in [0.29, 0.717) is 15.8 Å². The third kappa shape index (κ3) is 4.02. The van der Waals surface area contributed by atoms with E-state index in [2.05, 4.69) is 5.32 Å². The number of hydrogen-bond acceptors (Lipinski definition) is 5. The van der Waals surface area contributed by atoms with E-state index < -0.39 is 18.5 Å². The molecule has 0 heterocycles. The minimum atomic E-state index is -0.918. The highest BCUT2D eigenvalue weighted by molar-refractivity contribution is 6.31. The molecule has 3 aromatic rings. The van der Waals surface area contributed by atoms with E-state index in [4.69, 9.17) is 16.3 Å². The van der Waals surface area contributed by atoms with Crippen LogP contribution in [0.25, 0.3) is 10.8 Å². The summed E-state index contributed by atoms with van der Waals surface area (Å²) in [4.78, 5) is 24.4. The molecule has 3 rings (SSSR count). The number of aromatic hydroxyl groups is 2. The average molecular weight is 400 g/mol. The van der Waals surface area contributed by atoms with Crippen LogP contribution < -0.4 is 5.32 Å². The van der Waals surface area contributed by atoms with Gasteiger partial charge in [-0.15, -0.1) is 0 Å². The normalized spacial score (nSPS) is 11.8. The summed E-state index contributed by atoms with van der Waals surface area (Å²) in [5.74, 6) is -1.93. The van der Waals surface area contributed by atoms with Crippen molar-refractivity contribution in [1.29, 1.82) is 0 Å². The lowest BCUT2D eigenvalue weighted by Gasteiger charge is -2.16. The molecule has 0 unspecified atom stereocenters. The quantitative estimate of drug-likeness (QED) is 0.446. The van der Waals surface area contributed by atoms with Crippen molar-refractivity contribution in [2.45, 2.75) is 13.0 Å². The van der Waals surface area contributed by atoms with Gasteiger partial charge in [-0.05, 0) is 24.6 Å². The standard InChI is InChI=1S/C21H18ClNO5/c1-12(13-6-4-5-9-17(13)22)23-19(25)11-28-21(27)16-10-18(24)14-7-2-3-8-15(14)20(16)26/h2-10,12,24,26H,11H2,1H3,(H,23,25)/t12-/m1/s1. The molecule has 6 nitrogen and oxygen atoms in total. The second-order valence-electron chi connectivity index (χ2n) is 6.22. The van der Waals surface area contributed by atoms with Gasteiger partial charge < -0.3 is 20.3 Å². The fourth-order valence-corrected chi connectivity index (χ4v) is 3.19. The number of phenolic OH excluding ortho intramolecular Hbond substituents is 2. The molecule has 0 bridgehead atoms. The molecule has 3 N–H and O–H groups in total. The molecule has 144 valence electrons. The maximum atomic E-state index is 12.3. The maximum absolute atomic E-state index is 12.3. The number of carbonyl (C=O) groups excluding carboxylic acids is 2. The van der Waals surface area contributed by atoms with Crippen molar-refractivity contribution >= 4 is 34.2 Å². The summed E-state index contributed by atoms with van der Waals surface area (Å²) in [7, 11) is 0. The van der Waals surface area contributed by atoms with Gasteiger partial charge in [0.15, 0.2) is 6.61 Å². The molecule has 0 radical (unpaired) electrons. The molecule has 1 atom stereocenters. The first-order valence-electron chi connectivity index (χ1n) is 8.53. The smallest absolute Gasteiger partial charge is 0.342 e. The number of phenols is 2. The summed E-state index contributed by atoms with van der Waals surface area (Å²) in [6.07, 6.45) is 0. The van der Waals surface area contributed by atoms with Crippen LogP contribution in [0.4, 0.5) is 0 Å². The number of halogens is 1. The second-order valence-corrected chi connectivity index (χ2v) is 6.63. The van der Waals surface area contributed by atoms with Crippen LogP contribution in [-0.4, -0.2) is 28.7 Å². The van der Waals surface area contributed by atoms with Gasteiger partial charge in [-0.3, -0.25) is 4.79 Å². The first kappa shape index (κ1) is 19.5. The van der Waals surface area contributed by atoms with Gasteiger partial charge in [0.05, 0.1) is 6.04 Å². The molecular formula is C21H18ClNO5. The molecule has 0 aliphatic heterocycles. The lowest BCUT2D eigenvalue weighted by atomic mass is 10.0. The minimum absolute atomic E-state index is 0.169. The van der Waals surface area contributed by atoms with Crippen molar-refractivity contribution in [3.63, 3.8) is 0 Å². The molecule has 0 fully saturated rings. The number of ether oxygens (including phenoxy) is 1. The Balaban J connectivity index is 1.67. The Labute approximate surface area is 166 Å². The Hall–Kier alpha value is -3.25. The molecule has 28 heavy (non-hydrogen) atoms. The molecule has 0 saturated heterocycles. The summed E-state index contributed by atoms with van der Waals surface area (Å²) in [5.41, 5.74) is 0.518. The van der Waals surface area contributed by atoms with Gasteiger partial charge in [0.2, 0.25) is 0 Å². The summed E-state index contributed by atoms with van der Waals surface area (Å²) >= 11 is 6.10. The zero-order chi connectivity index (χ0) is 20.3. The van der Waals surface area contributed by atoms with E-state index in [0.717, 1.165) is 11.6 Å². The Kier molecular flexibility index (Phi) is 5.70. The summed E-state index contributed by atoms with van der Waals surface area (Å²) in [5, 5.41) is 24.3. The summed E-state index contributed by atoms with van der Waals surface area (Å²) in [6, 6.07) is 14.4. The van der Waals surface area contributed by atoms with Gasteiger partial charge in [-0.25, -0.2) is 4.79 Å². The van der Waals surface area contributed by atoms with Crippen LogP contribution in [0.3, 0.4) is 0 Å². The summed E-state index contributed by atoms with van der Waals surface area (Å²) in [6.45, 7) is 1.22. The van der Waals surface area contributed by atoms with Gasteiger partial charge in [-0.1, -0.05) is 54.1 Å². The van der Waals surface area contributed by atoms with Crippen LogP contribution in [0, 0.1) is 0 Å². The van der Waals surface area contributed by atoms with E-state index in [1.807, 2.05) is 0 Å². The van der Waals surface area contributed by atoms with Gasteiger partial charge in [0.1, 0.15) is 17.1 Å². The Bertz CT molecular complexity index is 1050. The molecule has 0 saturated carbocycles. The predicted molar refractivity (Wildman–Crippen MR) is 106 cm³/mol. The van der Waals surface area contributed by atoms with Crippen molar-refractivity contribution in [3.05, 3.63) is 70.7 Å². The SMILES string of the molecule is C[C@@H](NC(=O)COC(=O)c1cc(O)c2ccccc2c1O)c1ccccc1Cl. The summed E-state index contributed by atoms with van der Waals surface area (Å²) < 4.78 is 4.99. The number of esters is 1. The molecule has 3 aromatic carbocycles. The average Bonchev–Trinajstić information content (AvgIpc) is 2.69. The number of benzene rings is 3. The van der Waals surface area contributed by atoms with Crippen molar-refractivity contribution in [2.75, 3.05) is 6.61 Å². The zero-order valence-corrected chi connectivity index (χ0v) is 15.7. The topological polar surface area (TPSA) is 95.9 Å². The van der Waals surface area contributed by atoms with E-state index in [9.17, 15) is 19.8 Å². The lowest BCUT2D eigenvalue weighted by Crippen LogP contribution is -2.31. The van der Waals surface area contributed by atoms with E-state index in [1.54, 1.807) is 55.5 Å². The third-order valence-electron chi connectivity index (χ3n) is 4.30. The lowest BCUT2D eigenvalue weighted by molar-refractivity contribution is -0.124. The number of fused-ring (bicyclic) bond motifs is 1. The Morgan fingerprint density at radius 1 is 1.07 bits per heavy atom. The third-order valence-corrected chi connectivity index (χ3v) is 4.64. The van der Waals surface area contributed by atoms with Crippen LogP contribution in [0.5, 0.6) is 11.5 Å². The van der Waals surface area contributed by atoms with E-state index >= 15 is 0 Å². The van der Waals surface area contributed by atoms with Crippen LogP contribution in [-0.2, 0) is 9.53 Å². The van der Waals surface area contributed by atoms with Crippen molar-refractivity contribution in [1.82, 2.24) is 5.32 Å². The van der Waals surface area contributed by atoms with Crippen LogP contribution >= 0.6 is 11.6 Å². The van der Waals surface area contributed by atoms with Gasteiger partial charge in [-0.2, -0.15) is 0 Å². The fourth-order valence-electron chi connectivity index (χ4n) is 2.89. The first-order valence-corrected chi connectivity index (χ1v) is 8.91. The maximum Gasteiger partial charge on any atom is 0.342 e. The largest absolute Gasteiger partial charge is 0.507 e. The van der Waals surface area contributed by atoms with Crippen molar-refractivity contribution < 1.29 is 24.5 Å². The molecule has 1 amide bonds. The second kappa shape index (κ2) is 8.19. The fraction of sp³-hybridized carbons (Fsp3) is 0.143. The number of hydrogen-bond donors (Lipinski definition) is 3. The highest BCUT2D eigenvalue weighted by Gasteiger charge is 2.20. The minimum Gasteiger partial charge on any atom is -0.507 e. The number of nitrogens with one attached hydrogen (secondary N) is 1. The molecule has 0 aromatic heterocycles. The first-order chi connectivity index (χ1) is 13.4. The van der Waals surface area contributed by atoms with Gasteiger partial charge in [0, 0.05) is 15.8 Å². The zero-order valence-electron chi connectivity index (χ0n) is 15.0. The molecular weight excluding hydrogens is 382 g/mol. The number of amides is 1. The highest BCUT2D eigenvalue weighted by Crippen LogP contribution is 2.35. The molecule has 0 aliphatic carbocycles. The monoisotopic (exact) mass is 399 g/mol. The Morgan fingerprint density at radius 2 is 1.71 bits per heavy atom. The Morgan fingerprint density at radius 3 is 2.43 bits per heavy atom. The predicted octanol–water partition coefficient (Wildman–Crippen LogP) is 3.94. The molecule has 7 heteroatoms. The van der Waals surface area contributed by atoms with Gasteiger partial charge >= 0.3 is 5.97 Å². The van der Waals surface area contributed by atoms with Crippen LogP contribution in [0.2, 0.25) is 5.02 Å². The van der Waals surface area contributed by atoms with Crippen molar-refractivity contribution in [3.8, 4) is 11.5 Å². The molecule has 0 spiro atoms.